The van der Waals surface area contributed by atoms with Crippen LogP contribution in [0.3, 0.4) is 0 Å². The van der Waals surface area contributed by atoms with E-state index < -0.39 is 6.10 Å². The van der Waals surface area contributed by atoms with Crippen LogP contribution in [-0.4, -0.2) is 55.7 Å². The third kappa shape index (κ3) is 4.55. The van der Waals surface area contributed by atoms with Crippen LogP contribution in [0.5, 0.6) is 0 Å². The van der Waals surface area contributed by atoms with Crippen molar-refractivity contribution in [1.29, 1.82) is 0 Å². The lowest BCUT2D eigenvalue weighted by Gasteiger charge is -2.32. The molecule has 3 rings (SSSR count). The summed E-state index contributed by atoms with van der Waals surface area (Å²) in [6.45, 7) is 2.79. The molecule has 1 aromatic carbocycles. The van der Waals surface area contributed by atoms with Gasteiger partial charge in [-0.15, -0.1) is 0 Å². The molecule has 1 aromatic heterocycles. The van der Waals surface area contributed by atoms with Gasteiger partial charge in [0.1, 0.15) is 6.10 Å². The van der Waals surface area contributed by atoms with Gasteiger partial charge < -0.3 is 15.0 Å². The second-order valence-corrected chi connectivity index (χ2v) is 6.34. The van der Waals surface area contributed by atoms with Gasteiger partial charge in [0.05, 0.1) is 12.3 Å². The third-order valence-corrected chi connectivity index (χ3v) is 4.16. The topological polar surface area (TPSA) is 57.7 Å². The summed E-state index contributed by atoms with van der Waals surface area (Å²) >= 11 is 0. The molecule has 132 valence electrons. The smallest absolute Gasteiger partial charge is 0.254 e. The summed E-state index contributed by atoms with van der Waals surface area (Å²) in [7, 11) is 3.80. The molecule has 0 bridgehead atoms. The average molecular weight is 340 g/mol. The number of hydrogen-bond donors (Lipinski definition) is 1. The minimum atomic E-state index is -0.479. The maximum atomic E-state index is 12.6. The fourth-order valence-electron chi connectivity index (χ4n) is 2.91. The van der Waals surface area contributed by atoms with E-state index in [-0.39, 0.29) is 5.91 Å². The highest BCUT2D eigenvalue weighted by atomic mass is 16.5. The second-order valence-electron chi connectivity index (χ2n) is 6.34. The van der Waals surface area contributed by atoms with Crippen LogP contribution in [0.25, 0.3) is 0 Å². The van der Waals surface area contributed by atoms with Crippen molar-refractivity contribution in [3.8, 4) is 0 Å². The van der Waals surface area contributed by atoms with E-state index in [1.165, 1.54) is 5.56 Å². The van der Waals surface area contributed by atoms with Crippen LogP contribution in [0.4, 0.5) is 11.5 Å². The van der Waals surface area contributed by atoms with E-state index in [0.717, 1.165) is 18.9 Å². The van der Waals surface area contributed by atoms with Crippen LogP contribution in [0, 0.1) is 0 Å². The molecule has 1 fully saturated rings. The van der Waals surface area contributed by atoms with Crippen molar-refractivity contribution in [2.75, 3.05) is 44.0 Å². The molecule has 2 aromatic rings. The van der Waals surface area contributed by atoms with Crippen molar-refractivity contribution in [1.82, 2.24) is 9.88 Å². The minimum absolute atomic E-state index is 0.131. The number of rotatable bonds is 5. The lowest BCUT2D eigenvalue weighted by atomic mass is 10.2. The molecule has 0 radical (unpaired) electrons. The number of amides is 1. The van der Waals surface area contributed by atoms with Crippen LogP contribution < -0.4 is 10.2 Å². The fourth-order valence-corrected chi connectivity index (χ4v) is 2.91. The zero-order valence-corrected chi connectivity index (χ0v) is 14.7. The lowest BCUT2D eigenvalue weighted by Crippen LogP contribution is -2.47. The maximum absolute atomic E-state index is 12.6. The van der Waals surface area contributed by atoms with Gasteiger partial charge >= 0.3 is 0 Å². The maximum Gasteiger partial charge on any atom is 0.254 e. The van der Waals surface area contributed by atoms with Gasteiger partial charge in [-0.2, -0.15) is 0 Å². The molecule has 0 spiro atoms. The first kappa shape index (κ1) is 17.4. The molecule has 0 unspecified atom stereocenters. The number of nitrogens with one attached hydrogen (secondary N) is 1. The molecule has 0 aliphatic carbocycles. The molecule has 25 heavy (non-hydrogen) atoms. The normalized spacial score (nSPS) is 17.9. The molecular weight excluding hydrogens is 316 g/mol. The van der Waals surface area contributed by atoms with Gasteiger partial charge in [-0.3, -0.25) is 9.69 Å². The van der Waals surface area contributed by atoms with E-state index in [1.54, 1.807) is 6.20 Å². The number of morpholine rings is 1. The SMILES string of the molecule is CN(C)c1ncccc1NC(=O)[C@@H]1CN(Cc2ccccc2)CCO1. The Labute approximate surface area is 148 Å². The number of aromatic nitrogens is 1. The summed E-state index contributed by atoms with van der Waals surface area (Å²) < 4.78 is 5.69. The van der Waals surface area contributed by atoms with Gasteiger partial charge in [-0.25, -0.2) is 4.98 Å². The van der Waals surface area contributed by atoms with E-state index in [4.69, 9.17) is 4.74 Å². The Morgan fingerprint density at radius 1 is 1.28 bits per heavy atom. The van der Waals surface area contributed by atoms with Gasteiger partial charge in [0.15, 0.2) is 5.82 Å². The third-order valence-electron chi connectivity index (χ3n) is 4.16. The first-order chi connectivity index (χ1) is 12.1. The quantitative estimate of drug-likeness (QED) is 0.902. The van der Waals surface area contributed by atoms with Crippen LogP contribution >= 0.6 is 0 Å². The molecule has 0 saturated carbocycles. The number of carbonyl (C=O) groups excluding carboxylic acids is 1. The molecule has 6 nitrogen and oxygen atoms in total. The predicted octanol–water partition coefficient (Wildman–Crippen LogP) is 1.99. The molecule has 1 atom stereocenters. The van der Waals surface area contributed by atoms with E-state index >= 15 is 0 Å². The van der Waals surface area contributed by atoms with Gasteiger partial charge in [-0.1, -0.05) is 30.3 Å². The Morgan fingerprint density at radius 2 is 2.08 bits per heavy atom. The number of benzene rings is 1. The Hall–Kier alpha value is -2.44. The van der Waals surface area contributed by atoms with Crippen molar-refractivity contribution < 1.29 is 9.53 Å². The van der Waals surface area contributed by atoms with Gasteiger partial charge in [-0.05, 0) is 17.7 Å². The van der Waals surface area contributed by atoms with Crippen LogP contribution in [-0.2, 0) is 16.1 Å². The highest BCUT2D eigenvalue weighted by Gasteiger charge is 2.27. The molecule has 2 heterocycles. The zero-order chi connectivity index (χ0) is 17.6. The Kier molecular flexibility index (Phi) is 5.63. The number of hydrogen-bond acceptors (Lipinski definition) is 5. The summed E-state index contributed by atoms with van der Waals surface area (Å²) in [6, 6.07) is 13.9. The van der Waals surface area contributed by atoms with Gasteiger partial charge in [0, 0.05) is 39.9 Å². The van der Waals surface area contributed by atoms with E-state index in [1.807, 2.05) is 49.3 Å². The highest BCUT2D eigenvalue weighted by molar-refractivity contribution is 5.96. The van der Waals surface area contributed by atoms with E-state index in [9.17, 15) is 4.79 Å². The molecule has 1 N–H and O–H groups in total. The largest absolute Gasteiger partial charge is 0.366 e. The van der Waals surface area contributed by atoms with Crippen molar-refractivity contribution in [2.24, 2.45) is 0 Å². The van der Waals surface area contributed by atoms with E-state index in [2.05, 4.69) is 27.3 Å². The Morgan fingerprint density at radius 3 is 2.84 bits per heavy atom. The average Bonchev–Trinajstić information content (AvgIpc) is 2.63. The van der Waals surface area contributed by atoms with Gasteiger partial charge in [0.2, 0.25) is 0 Å². The van der Waals surface area contributed by atoms with Crippen molar-refractivity contribution in [2.45, 2.75) is 12.6 Å². The number of carbonyl (C=O) groups is 1. The minimum Gasteiger partial charge on any atom is -0.366 e. The summed E-state index contributed by atoms with van der Waals surface area (Å²) in [5, 5.41) is 2.95. The first-order valence-electron chi connectivity index (χ1n) is 8.44. The summed E-state index contributed by atoms with van der Waals surface area (Å²) in [4.78, 5) is 21.1. The standard InChI is InChI=1S/C19H24N4O2/c1-22(2)18-16(9-6-10-20-18)21-19(24)17-14-23(11-12-25-17)13-15-7-4-3-5-8-15/h3-10,17H,11-14H2,1-2H3,(H,21,24)/t17-/m0/s1. The Bertz CT molecular complexity index is 706. The molecule has 1 amide bonds. The van der Waals surface area contributed by atoms with Crippen LogP contribution in [0.1, 0.15) is 5.56 Å². The highest BCUT2D eigenvalue weighted by Crippen LogP contribution is 2.21. The van der Waals surface area contributed by atoms with Crippen LogP contribution in [0.2, 0.25) is 0 Å². The van der Waals surface area contributed by atoms with E-state index in [0.29, 0.717) is 18.8 Å². The molecule has 1 aliphatic heterocycles. The first-order valence-corrected chi connectivity index (χ1v) is 8.44. The summed E-state index contributed by atoms with van der Waals surface area (Å²) in [6.07, 6.45) is 1.23. The number of anilines is 2. The Balaban J connectivity index is 1.62. The summed E-state index contributed by atoms with van der Waals surface area (Å²) in [5.74, 6) is 0.599. The molecule has 6 heteroatoms. The van der Waals surface area contributed by atoms with Crippen molar-refractivity contribution >= 4 is 17.4 Å². The molecular formula is C19H24N4O2. The second kappa shape index (κ2) is 8.09. The number of pyridine rings is 1. The monoisotopic (exact) mass is 340 g/mol. The summed E-state index contributed by atoms with van der Waals surface area (Å²) in [5.41, 5.74) is 1.94. The predicted molar refractivity (Wildman–Crippen MR) is 98.7 cm³/mol. The zero-order valence-electron chi connectivity index (χ0n) is 14.7. The van der Waals surface area contributed by atoms with Crippen molar-refractivity contribution in [3.05, 3.63) is 54.2 Å². The number of ether oxygens (including phenoxy) is 1. The van der Waals surface area contributed by atoms with Gasteiger partial charge in [0.25, 0.3) is 5.91 Å². The lowest BCUT2D eigenvalue weighted by molar-refractivity contribution is -0.133. The molecule has 1 aliphatic rings. The fraction of sp³-hybridized carbons (Fsp3) is 0.368. The van der Waals surface area contributed by atoms with Crippen LogP contribution in [0.15, 0.2) is 48.7 Å². The van der Waals surface area contributed by atoms with Crippen molar-refractivity contribution in [3.63, 3.8) is 0 Å². The molecule has 1 saturated heterocycles. The number of nitrogens with zero attached hydrogens (tertiary/aromatic N) is 3.